The van der Waals surface area contributed by atoms with Gasteiger partial charge in [-0.05, 0) is 55.3 Å². The molecule has 2 aromatic rings. The summed E-state index contributed by atoms with van der Waals surface area (Å²) in [5.74, 6) is 1.15. The average molecular weight is 465 g/mol. The number of carbonyl (C=O) groups is 1. The highest BCUT2D eigenvalue weighted by molar-refractivity contribution is 7.91. The van der Waals surface area contributed by atoms with Crippen LogP contribution in [0, 0.1) is 5.92 Å². The molecule has 7 nitrogen and oxygen atoms in total. The van der Waals surface area contributed by atoms with Gasteiger partial charge in [0.25, 0.3) is 10.0 Å². The first-order valence-corrected chi connectivity index (χ1v) is 12.8. The van der Waals surface area contributed by atoms with Crippen LogP contribution in [-0.4, -0.2) is 57.4 Å². The van der Waals surface area contributed by atoms with E-state index in [1.54, 1.807) is 31.7 Å². The molecule has 4 rings (SSSR count). The Kier molecular flexibility index (Phi) is 6.55. The fraction of sp³-hybridized carbons (Fsp3) is 0.500. The predicted molar refractivity (Wildman–Crippen MR) is 119 cm³/mol. The van der Waals surface area contributed by atoms with Crippen LogP contribution in [0.4, 0.5) is 0 Å². The fourth-order valence-corrected chi connectivity index (χ4v) is 7.26. The second kappa shape index (κ2) is 9.18. The van der Waals surface area contributed by atoms with Gasteiger partial charge in [-0.2, -0.15) is 4.31 Å². The fourth-order valence-electron chi connectivity index (χ4n) is 4.59. The van der Waals surface area contributed by atoms with E-state index in [9.17, 15) is 13.2 Å². The van der Waals surface area contributed by atoms with Gasteiger partial charge < -0.3 is 14.4 Å². The summed E-state index contributed by atoms with van der Waals surface area (Å²) in [4.78, 5) is 15.4. The summed E-state index contributed by atoms with van der Waals surface area (Å²) >= 11 is 1.21. The zero-order valence-corrected chi connectivity index (χ0v) is 19.5. The molecule has 2 atom stereocenters. The highest BCUT2D eigenvalue weighted by Gasteiger charge is 2.39. The maximum absolute atomic E-state index is 13.5. The van der Waals surface area contributed by atoms with Gasteiger partial charge in [0.1, 0.15) is 15.7 Å². The Hall–Kier alpha value is -2.10. The second-order valence-corrected chi connectivity index (χ2v) is 11.0. The molecule has 9 heteroatoms. The lowest BCUT2D eigenvalue weighted by Gasteiger charge is -2.35. The number of ether oxygens (including phenoxy) is 2. The number of nitrogens with zero attached hydrogens (tertiary/aromatic N) is 2. The molecule has 2 aliphatic heterocycles. The number of methoxy groups -OCH3 is 2. The molecule has 0 spiro atoms. The maximum atomic E-state index is 13.5. The van der Waals surface area contributed by atoms with Crippen molar-refractivity contribution in [2.75, 3.05) is 33.9 Å². The first kappa shape index (κ1) is 22.1. The summed E-state index contributed by atoms with van der Waals surface area (Å²) < 4.78 is 38.7. The molecule has 1 aromatic heterocycles. The van der Waals surface area contributed by atoms with Gasteiger partial charge in [0.2, 0.25) is 5.91 Å². The number of hydrogen-bond donors (Lipinski definition) is 0. The molecule has 0 bridgehead atoms. The molecule has 1 aromatic carbocycles. The van der Waals surface area contributed by atoms with Crippen molar-refractivity contribution in [1.29, 1.82) is 0 Å². The highest BCUT2D eigenvalue weighted by atomic mass is 32.2. The Bertz CT molecular complexity index is 1020. The van der Waals surface area contributed by atoms with Crippen LogP contribution in [0.25, 0.3) is 0 Å². The number of thiophene rings is 1. The summed E-state index contributed by atoms with van der Waals surface area (Å²) in [5.41, 5.74) is 0.937. The lowest BCUT2D eigenvalue weighted by Crippen LogP contribution is -2.46. The number of amides is 1. The highest BCUT2D eigenvalue weighted by Crippen LogP contribution is 2.40. The van der Waals surface area contributed by atoms with E-state index in [1.165, 1.54) is 15.6 Å². The SMILES string of the molecule is COc1ccc(OC)c([C@@H]2CCCN2C(=O)[C@H]2CCCN(S(=O)(=O)c3cccs3)C2)c1. The Morgan fingerprint density at radius 3 is 2.61 bits per heavy atom. The lowest BCUT2D eigenvalue weighted by molar-refractivity contribution is -0.137. The number of piperidine rings is 1. The molecule has 2 fully saturated rings. The van der Waals surface area contributed by atoms with Crippen molar-refractivity contribution in [1.82, 2.24) is 9.21 Å². The van der Waals surface area contributed by atoms with Crippen molar-refractivity contribution in [3.05, 3.63) is 41.3 Å². The molecular weight excluding hydrogens is 436 g/mol. The van der Waals surface area contributed by atoms with Crippen LogP contribution < -0.4 is 9.47 Å². The number of carbonyl (C=O) groups excluding carboxylic acids is 1. The van der Waals surface area contributed by atoms with E-state index in [4.69, 9.17) is 9.47 Å². The number of likely N-dealkylation sites (tertiary alicyclic amines) is 1. The third kappa shape index (κ3) is 4.31. The zero-order chi connectivity index (χ0) is 22.0. The summed E-state index contributed by atoms with van der Waals surface area (Å²) in [6.07, 6.45) is 3.13. The maximum Gasteiger partial charge on any atom is 0.252 e. The van der Waals surface area contributed by atoms with Crippen molar-refractivity contribution in [2.45, 2.75) is 35.9 Å². The summed E-state index contributed by atoms with van der Waals surface area (Å²) in [6.45, 7) is 1.35. The van der Waals surface area contributed by atoms with E-state index in [0.717, 1.165) is 29.9 Å². The van der Waals surface area contributed by atoms with Crippen molar-refractivity contribution < 1.29 is 22.7 Å². The first-order valence-electron chi connectivity index (χ1n) is 10.5. The largest absolute Gasteiger partial charge is 0.497 e. The van der Waals surface area contributed by atoms with Crippen LogP contribution >= 0.6 is 11.3 Å². The molecular formula is C22H28N2O5S2. The van der Waals surface area contributed by atoms with E-state index in [-0.39, 0.29) is 24.4 Å². The number of hydrogen-bond acceptors (Lipinski definition) is 6. The van der Waals surface area contributed by atoms with Crippen molar-refractivity contribution >= 4 is 27.3 Å². The minimum atomic E-state index is -3.55. The third-order valence-corrected chi connectivity index (χ3v) is 9.39. The Balaban J connectivity index is 1.55. The van der Waals surface area contributed by atoms with Gasteiger partial charge in [0.15, 0.2) is 0 Å². The molecule has 0 aliphatic carbocycles. The minimum absolute atomic E-state index is 0.0263. The molecule has 3 heterocycles. The Morgan fingerprint density at radius 2 is 1.90 bits per heavy atom. The summed E-state index contributed by atoms with van der Waals surface area (Å²) in [5, 5.41) is 1.76. The number of rotatable bonds is 6. The Labute approximate surface area is 187 Å². The van der Waals surface area contributed by atoms with E-state index in [2.05, 4.69) is 0 Å². The molecule has 0 unspecified atom stereocenters. The van der Waals surface area contributed by atoms with Gasteiger partial charge >= 0.3 is 0 Å². The normalized spacial score (nSPS) is 22.5. The van der Waals surface area contributed by atoms with Crippen LogP contribution in [0.15, 0.2) is 39.9 Å². The molecule has 2 aliphatic rings. The molecule has 2 saturated heterocycles. The molecule has 1 amide bonds. The van der Waals surface area contributed by atoms with Crippen LogP contribution in [0.2, 0.25) is 0 Å². The topological polar surface area (TPSA) is 76.2 Å². The van der Waals surface area contributed by atoms with Crippen LogP contribution in [0.1, 0.15) is 37.3 Å². The number of benzene rings is 1. The predicted octanol–water partition coefficient (Wildman–Crippen LogP) is 3.53. The van der Waals surface area contributed by atoms with Crippen LogP contribution in [-0.2, 0) is 14.8 Å². The molecule has 0 N–H and O–H groups in total. The monoisotopic (exact) mass is 464 g/mol. The molecule has 0 saturated carbocycles. The minimum Gasteiger partial charge on any atom is -0.497 e. The van der Waals surface area contributed by atoms with E-state index < -0.39 is 10.0 Å². The molecule has 168 valence electrons. The van der Waals surface area contributed by atoms with Crippen LogP contribution in [0.5, 0.6) is 11.5 Å². The third-order valence-electron chi connectivity index (χ3n) is 6.15. The Morgan fingerprint density at radius 1 is 1.10 bits per heavy atom. The average Bonchev–Trinajstić information content (AvgIpc) is 3.51. The van der Waals surface area contributed by atoms with Crippen molar-refractivity contribution in [3.63, 3.8) is 0 Å². The summed E-state index contributed by atoms with van der Waals surface area (Å²) in [7, 11) is -0.305. The van der Waals surface area contributed by atoms with Gasteiger partial charge in [-0.25, -0.2) is 8.42 Å². The zero-order valence-electron chi connectivity index (χ0n) is 17.8. The number of sulfonamides is 1. The van der Waals surface area contributed by atoms with E-state index in [0.29, 0.717) is 30.1 Å². The first-order chi connectivity index (χ1) is 15.0. The van der Waals surface area contributed by atoms with Crippen LogP contribution in [0.3, 0.4) is 0 Å². The quantitative estimate of drug-likeness (QED) is 0.654. The van der Waals surface area contributed by atoms with E-state index >= 15 is 0 Å². The van der Waals surface area contributed by atoms with Gasteiger partial charge in [-0.15, -0.1) is 11.3 Å². The van der Waals surface area contributed by atoms with Gasteiger partial charge in [0, 0.05) is 25.2 Å². The second-order valence-electron chi connectivity index (χ2n) is 7.93. The van der Waals surface area contributed by atoms with E-state index in [1.807, 2.05) is 23.1 Å². The van der Waals surface area contributed by atoms with Gasteiger partial charge in [-0.1, -0.05) is 6.07 Å². The van der Waals surface area contributed by atoms with Gasteiger partial charge in [-0.3, -0.25) is 4.79 Å². The standard InChI is InChI=1S/C22H28N2O5S2/c1-28-17-9-10-20(29-2)18(14-17)19-7-4-12-24(19)22(25)16-6-3-11-23(15-16)31(26,27)21-8-5-13-30-21/h5,8-10,13-14,16,19H,3-4,6-7,11-12,15H2,1-2H3/t16-,19-/m0/s1. The summed E-state index contributed by atoms with van der Waals surface area (Å²) in [6, 6.07) is 8.91. The van der Waals surface area contributed by atoms with Gasteiger partial charge in [0.05, 0.1) is 26.2 Å². The molecule has 31 heavy (non-hydrogen) atoms. The lowest BCUT2D eigenvalue weighted by atomic mass is 9.96. The molecule has 0 radical (unpaired) electrons. The smallest absolute Gasteiger partial charge is 0.252 e. The van der Waals surface area contributed by atoms with Crippen molar-refractivity contribution in [2.24, 2.45) is 5.92 Å². The van der Waals surface area contributed by atoms with Crippen molar-refractivity contribution in [3.8, 4) is 11.5 Å².